The highest BCUT2D eigenvalue weighted by atomic mass is 35.6. The quantitative estimate of drug-likeness (QED) is 0.421. The molecule has 2 aromatic carbocycles. The van der Waals surface area contributed by atoms with Crippen LogP contribution < -0.4 is 10.1 Å². The Morgan fingerprint density at radius 1 is 1.04 bits per heavy atom. The van der Waals surface area contributed by atoms with Crippen LogP contribution in [0.15, 0.2) is 48.5 Å². The molecular weight excluding hydrogens is 424 g/mol. The van der Waals surface area contributed by atoms with E-state index >= 15 is 0 Å². The number of alkyl halides is 3. The van der Waals surface area contributed by atoms with Crippen molar-refractivity contribution in [3.63, 3.8) is 0 Å². The van der Waals surface area contributed by atoms with Crippen LogP contribution in [-0.4, -0.2) is 29.0 Å². The van der Waals surface area contributed by atoms with Crippen LogP contribution in [0, 0.1) is 0 Å². The lowest BCUT2D eigenvalue weighted by molar-refractivity contribution is 0.0598. The first-order chi connectivity index (χ1) is 12.2. The Morgan fingerprint density at radius 2 is 1.69 bits per heavy atom. The fourth-order valence-electron chi connectivity index (χ4n) is 1.96. The van der Waals surface area contributed by atoms with Gasteiger partial charge in [-0.3, -0.25) is 4.79 Å². The van der Waals surface area contributed by atoms with Crippen LogP contribution in [0.1, 0.15) is 20.7 Å². The van der Waals surface area contributed by atoms with Crippen LogP contribution in [0.3, 0.4) is 0 Å². The summed E-state index contributed by atoms with van der Waals surface area (Å²) in [5.41, 5.74) is 0.512. The molecular formula is C17H13Cl4NO4. The monoisotopic (exact) mass is 435 g/mol. The van der Waals surface area contributed by atoms with E-state index in [1.54, 1.807) is 30.3 Å². The molecule has 0 unspecified atom stereocenters. The molecule has 0 bridgehead atoms. The maximum atomic E-state index is 12.4. The number of nitrogens with one attached hydrogen (secondary N) is 1. The summed E-state index contributed by atoms with van der Waals surface area (Å²) in [6.07, 6.45) is -1.33. The van der Waals surface area contributed by atoms with Crippen molar-refractivity contribution in [2.45, 2.75) is 10.0 Å². The van der Waals surface area contributed by atoms with Gasteiger partial charge in [0, 0.05) is 10.6 Å². The van der Waals surface area contributed by atoms with Gasteiger partial charge in [-0.2, -0.15) is 0 Å². The molecule has 1 atom stereocenters. The molecule has 2 aromatic rings. The van der Waals surface area contributed by atoms with Gasteiger partial charge in [0.05, 0.1) is 12.7 Å². The number of esters is 1. The molecule has 0 saturated carbocycles. The van der Waals surface area contributed by atoms with Gasteiger partial charge in [-0.25, -0.2) is 4.79 Å². The van der Waals surface area contributed by atoms with Crippen molar-refractivity contribution in [2.24, 2.45) is 0 Å². The van der Waals surface area contributed by atoms with Gasteiger partial charge in [-0.05, 0) is 36.4 Å². The molecule has 138 valence electrons. The van der Waals surface area contributed by atoms with Gasteiger partial charge >= 0.3 is 5.97 Å². The van der Waals surface area contributed by atoms with Crippen LogP contribution >= 0.6 is 46.4 Å². The summed E-state index contributed by atoms with van der Waals surface area (Å²) in [6.45, 7) is 0. The van der Waals surface area contributed by atoms with E-state index in [2.05, 4.69) is 10.1 Å². The summed E-state index contributed by atoms with van der Waals surface area (Å²) in [5.74, 6) is -0.896. The van der Waals surface area contributed by atoms with Crippen molar-refractivity contribution in [3.8, 4) is 5.75 Å². The Labute approximate surface area is 170 Å². The highest BCUT2D eigenvalue weighted by Gasteiger charge is 2.36. The van der Waals surface area contributed by atoms with Crippen molar-refractivity contribution in [1.29, 1.82) is 0 Å². The molecule has 2 rings (SSSR count). The third kappa shape index (κ3) is 5.68. The maximum absolute atomic E-state index is 12.4. The Hall–Kier alpha value is -1.66. The number of rotatable bonds is 5. The molecule has 0 heterocycles. The molecule has 1 N–H and O–H groups in total. The molecule has 0 radical (unpaired) electrons. The van der Waals surface area contributed by atoms with E-state index in [0.29, 0.717) is 5.02 Å². The first-order valence-corrected chi connectivity index (χ1v) is 8.70. The lowest BCUT2D eigenvalue weighted by atomic mass is 10.2. The lowest BCUT2D eigenvalue weighted by Crippen LogP contribution is -2.47. The Morgan fingerprint density at radius 3 is 2.31 bits per heavy atom. The minimum atomic E-state index is -1.98. The van der Waals surface area contributed by atoms with Crippen LogP contribution in [0.25, 0.3) is 0 Å². The van der Waals surface area contributed by atoms with Crippen molar-refractivity contribution in [1.82, 2.24) is 5.32 Å². The van der Waals surface area contributed by atoms with Crippen LogP contribution in [0.2, 0.25) is 5.02 Å². The third-order valence-corrected chi connectivity index (χ3v) is 3.99. The molecule has 0 spiro atoms. The fraction of sp³-hybridized carbons (Fsp3) is 0.176. The van der Waals surface area contributed by atoms with Crippen molar-refractivity contribution in [3.05, 3.63) is 64.7 Å². The number of halogens is 4. The first-order valence-electron chi connectivity index (χ1n) is 7.19. The summed E-state index contributed by atoms with van der Waals surface area (Å²) in [4.78, 5) is 24.0. The third-order valence-electron chi connectivity index (χ3n) is 3.16. The SMILES string of the molecule is COC(=O)c1cccc(O[C@@H](NC(=O)c2cccc(Cl)c2)C(Cl)(Cl)Cl)c1. The maximum Gasteiger partial charge on any atom is 0.337 e. The second-order valence-electron chi connectivity index (χ2n) is 5.04. The van der Waals surface area contributed by atoms with E-state index in [-0.39, 0.29) is 16.9 Å². The highest BCUT2D eigenvalue weighted by Crippen LogP contribution is 2.32. The molecule has 5 nitrogen and oxygen atoms in total. The molecule has 0 aliphatic rings. The minimum Gasteiger partial charge on any atom is -0.466 e. The van der Waals surface area contributed by atoms with Crippen LogP contribution in [0.5, 0.6) is 5.75 Å². The van der Waals surface area contributed by atoms with E-state index < -0.39 is 21.9 Å². The van der Waals surface area contributed by atoms with Crippen molar-refractivity contribution < 1.29 is 19.1 Å². The minimum absolute atomic E-state index is 0.204. The molecule has 1 amide bonds. The molecule has 9 heteroatoms. The molecule has 0 saturated heterocycles. The zero-order valence-electron chi connectivity index (χ0n) is 13.3. The van der Waals surface area contributed by atoms with E-state index in [0.717, 1.165) is 0 Å². The molecule has 26 heavy (non-hydrogen) atoms. The standard InChI is InChI=1S/C17H13Cl4NO4/c1-25-15(24)11-5-3-7-13(9-11)26-16(17(19,20)21)22-14(23)10-4-2-6-12(18)8-10/h2-9,16H,1H3,(H,22,23)/t16-/m1/s1. The zero-order valence-corrected chi connectivity index (χ0v) is 16.4. The zero-order chi connectivity index (χ0) is 19.3. The van der Waals surface area contributed by atoms with Gasteiger partial charge in [0.25, 0.3) is 5.91 Å². The predicted molar refractivity (Wildman–Crippen MR) is 101 cm³/mol. The van der Waals surface area contributed by atoms with Gasteiger partial charge in [-0.15, -0.1) is 0 Å². The molecule has 0 aromatic heterocycles. The predicted octanol–water partition coefficient (Wildman–Crippen LogP) is 4.63. The summed E-state index contributed by atoms with van der Waals surface area (Å²) in [5, 5.41) is 2.86. The number of hydrogen-bond acceptors (Lipinski definition) is 4. The summed E-state index contributed by atoms with van der Waals surface area (Å²) >= 11 is 23.6. The smallest absolute Gasteiger partial charge is 0.337 e. The average molecular weight is 437 g/mol. The Balaban J connectivity index is 2.21. The van der Waals surface area contributed by atoms with Gasteiger partial charge in [0.1, 0.15) is 5.75 Å². The number of carbonyl (C=O) groups excluding carboxylic acids is 2. The van der Waals surface area contributed by atoms with Crippen molar-refractivity contribution in [2.75, 3.05) is 7.11 Å². The van der Waals surface area contributed by atoms with Crippen molar-refractivity contribution >= 4 is 58.3 Å². The Bertz CT molecular complexity index is 807. The van der Waals surface area contributed by atoms with Crippen LogP contribution in [-0.2, 0) is 4.74 Å². The van der Waals surface area contributed by atoms with Crippen LogP contribution in [0.4, 0.5) is 0 Å². The Kier molecular flexibility index (Phi) is 7.01. The normalized spacial score (nSPS) is 12.2. The number of hydrogen-bond donors (Lipinski definition) is 1. The number of carbonyl (C=O) groups is 2. The second-order valence-corrected chi connectivity index (χ2v) is 7.85. The first kappa shape index (κ1) is 20.6. The average Bonchev–Trinajstić information content (AvgIpc) is 2.59. The molecule has 0 fully saturated rings. The molecule has 0 aliphatic carbocycles. The number of amides is 1. The summed E-state index contributed by atoms with van der Waals surface area (Å²) in [6, 6.07) is 12.3. The van der Waals surface area contributed by atoms with E-state index in [4.69, 9.17) is 51.1 Å². The topological polar surface area (TPSA) is 64.6 Å². The fourth-order valence-corrected chi connectivity index (χ4v) is 2.45. The highest BCUT2D eigenvalue weighted by molar-refractivity contribution is 6.68. The van der Waals surface area contributed by atoms with Gasteiger partial charge in [0.15, 0.2) is 0 Å². The molecule has 0 aliphatic heterocycles. The summed E-state index contributed by atoms with van der Waals surface area (Å²) in [7, 11) is 1.26. The van der Waals surface area contributed by atoms with E-state index in [1.165, 1.54) is 25.3 Å². The lowest BCUT2D eigenvalue weighted by Gasteiger charge is -2.26. The second kappa shape index (κ2) is 8.82. The van der Waals surface area contributed by atoms with E-state index in [1.807, 2.05) is 0 Å². The van der Waals surface area contributed by atoms with E-state index in [9.17, 15) is 9.59 Å². The number of methoxy groups -OCH3 is 1. The number of benzene rings is 2. The van der Waals surface area contributed by atoms with Gasteiger partial charge in [-0.1, -0.05) is 58.5 Å². The van der Waals surface area contributed by atoms with Gasteiger partial charge in [0.2, 0.25) is 10.0 Å². The largest absolute Gasteiger partial charge is 0.466 e. The number of ether oxygens (including phenoxy) is 2. The summed E-state index contributed by atoms with van der Waals surface area (Å²) < 4.78 is 8.23. The van der Waals surface area contributed by atoms with Gasteiger partial charge < -0.3 is 14.8 Å².